The number of hydrogen-bond donors (Lipinski definition) is 0. The van der Waals surface area contributed by atoms with E-state index in [2.05, 4.69) is 36.4 Å². The van der Waals surface area contributed by atoms with Crippen LogP contribution in [0.15, 0.2) is 97.1 Å². The summed E-state index contributed by atoms with van der Waals surface area (Å²) in [6.45, 7) is 0.874. The topological polar surface area (TPSA) is 105 Å². The number of nitrogens with zero attached hydrogens (tertiary/aromatic N) is 1. The molecule has 0 N–H and O–H groups in total. The van der Waals surface area contributed by atoms with E-state index in [9.17, 15) is 0 Å². The van der Waals surface area contributed by atoms with Gasteiger partial charge in [-0.2, -0.15) is 36.4 Å². The zero-order valence-electron chi connectivity index (χ0n) is 37.3. The van der Waals surface area contributed by atoms with Gasteiger partial charge in [-0.15, -0.1) is 54.1 Å². The second kappa shape index (κ2) is 49.2. The normalized spacial score (nSPS) is 8.52. The van der Waals surface area contributed by atoms with Gasteiger partial charge >= 0.3 is 92.2 Å². The Labute approximate surface area is 481 Å². The average Bonchev–Trinajstić information content (AvgIpc) is 3.24. The van der Waals surface area contributed by atoms with Crippen molar-refractivity contribution < 1.29 is 120 Å². The molecule has 0 atom stereocenters. The van der Waals surface area contributed by atoms with Gasteiger partial charge in [0.05, 0.1) is 38.6 Å². The SMILES string of the molecule is COCOc1[c-]cc(-c2ccccc2)cc1.COCOc1[c-]cc(OC)cc1OC.COCOc1[c-]cccc1N(C)C.COCOc1[c-]cccc1OC.[Br-].[Br-].[Br-].[Br-].[Mg+2].[Mg+2].[Mg+2].[Mg+2]. The summed E-state index contributed by atoms with van der Waals surface area (Å²) in [4.78, 5) is 1.97. The summed E-state index contributed by atoms with van der Waals surface area (Å²) in [5.74, 6) is 4.40. The molecule has 5 rings (SSSR count). The molecule has 0 unspecified atom stereocenters. The Morgan fingerprint density at radius 1 is 0.444 bits per heavy atom. The molecule has 63 heavy (non-hydrogen) atoms. The van der Waals surface area contributed by atoms with Crippen LogP contribution < -0.4 is 106 Å². The predicted molar refractivity (Wildman–Crippen MR) is 234 cm³/mol. The summed E-state index contributed by atoms with van der Waals surface area (Å²) in [7, 11) is 15.0. The Morgan fingerprint density at radius 3 is 1.41 bits per heavy atom. The number of para-hydroxylation sites is 2. The minimum atomic E-state index is 0. The molecule has 5 aromatic rings. The van der Waals surface area contributed by atoms with Gasteiger partial charge in [0.15, 0.2) is 27.2 Å². The van der Waals surface area contributed by atoms with Crippen LogP contribution in [-0.2, 0) is 18.9 Å². The molecular formula is C43H51Br4Mg4NO11. The molecule has 0 aliphatic rings. The number of rotatable bonds is 17. The fourth-order valence-corrected chi connectivity index (χ4v) is 4.17. The Kier molecular flexibility index (Phi) is 59.8. The van der Waals surface area contributed by atoms with Crippen LogP contribution in [0.3, 0.4) is 0 Å². The van der Waals surface area contributed by atoms with E-state index in [1.54, 1.807) is 68.0 Å². The van der Waals surface area contributed by atoms with Crippen molar-refractivity contribution in [3.8, 4) is 51.4 Å². The molecule has 12 nitrogen and oxygen atoms in total. The second-order valence-electron chi connectivity index (χ2n) is 10.8. The Morgan fingerprint density at radius 2 is 0.937 bits per heavy atom. The summed E-state index contributed by atoms with van der Waals surface area (Å²) in [5.41, 5.74) is 3.31. The van der Waals surface area contributed by atoms with E-state index in [4.69, 9.17) is 52.1 Å². The van der Waals surface area contributed by atoms with Crippen molar-refractivity contribution >= 4 is 97.9 Å². The Bertz CT molecular complexity index is 1750. The van der Waals surface area contributed by atoms with Crippen LogP contribution in [0.25, 0.3) is 11.1 Å². The third-order valence-corrected chi connectivity index (χ3v) is 6.77. The van der Waals surface area contributed by atoms with Gasteiger partial charge in [0, 0.05) is 51.4 Å². The number of hydrogen-bond acceptors (Lipinski definition) is 12. The van der Waals surface area contributed by atoms with Gasteiger partial charge in [-0.3, -0.25) is 0 Å². The van der Waals surface area contributed by atoms with E-state index in [1.165, 1.54) is 5.56 Å². The quantitative estimate of drug-likeness (QED) is 0.0504. The van der Waals surface area contributed by atoms with E-state index in [0.717, 1.165) is 11.3 Å². The van der Waals surface area contributed by atoms with Crippen molar-refractivity contribution in [3.05, 3.63) is 121 Å². The molecular weight excluding hydrogens is 1120 g/mol. The Balaban J connectivity index is -0.000000128. The molecule has 330 valence electrons. The largest absolute Gasteiger partial charge is 2.00 e. The number of halogens is 4. The fourth-order valence-electron chi connectivity index (χ4n) is 4.17. The number of anilines is 1. The second-order valence-corrected chi connectivity index (χ2v) is 10.8. The summed E-state index contributed by atoms with van der Waals surface area (Å²) in [5, 5.41) is 0. The molecule has 5 aromatic carbocycles. The van der Waals surface area contributed by atoms with Gasteiger partial charge in [0.1, 0.15) is 0 Å². The van der Waals surface area contributed by atoms with Gasteiger partial charge in [-0.05, 0) is 19.8 Å². The summed E-state index contributed by atoms with van der Waals surface area (Å²) in [6, 6.07) is 42.4. The fraction of sp³-hybridized carbons (Fsp3) is 0.302. The molecule has 0 aliphatic carbocycles. The molecule has 0 bridgehead atoms. The van der Waals surface area contributed by atoms with Crippen molar-refractivity contribution in [1.82, 2.24) is 0 Å². The molecule has 0 fully saturated rings. The van der Waals surface area contributed by atoms with Crippen LogP contribution in [0, 0.1) is 24.3 Å². The molecule has 0 saturated carbocycles. The maximum absolute atomic E-state index is 5.33. The maximum Gasteiger partial charge on any atom is 2.00 e. The van der Waals surface area contributed by atoms with Crippen LogP contribution in [0.5, 0.6) is 40.2 Å². The minimum absolute atomic E-state index is 0. The van der Waals surface area contributed by atoms with Gasteiger partial charge < -0.3 is 125 Å². The summed E-state index contributed by atoms with van der Waals surface area (Å²) < 4.78 is 55.3. The van der Waals surface area contributed by atoms with Gasteiger partial charge in [-0.1, -0.05) is 42.0 Å². The van der Waals surface area contributed by atoms with Gasteiger partial charge in [-0.25, -0.2) is 0 Å². The predicted octanol–water partition coefficient (Wildman–Crippen LogP) is -5.87. The molecule has 0 aromatic heterocycles. The van der Waals surface area contributed by atoms with Crippen LogP contribution in [0.2, 0.25) is 0 Å². The van der Waals surface area contributed by atoms with Crippen molar-refractivity contribution in [2.45, 2.75) is 0 Å². The first-order valence-electron chi connectivity index (χ1n) is 16.8. The molecule has 0 aliphatic heterocycles. The molecule has 0 saturated heterocycles. The third kappa shape index (κ3) is 31.8. The first kappa shape index (κ1) is 76.6. The van der Waals surface area contributed by atoms with E-state index in [0.29, 0.717) is 40.2 Å². The minimum Gasteiger partial charge on any atom is -1.00 e. The molecule has 0 radical (unpaired) electrons. The Hall–Kier alpha value is -0.675. The number of methoxy groups -OCH3 is 7. The molecule has 0 spiro atoms. The van der Waals surface area contributed by atoms with Gasteiger partial charge in [0.2, 0.25) is 0 Å². The van der Waals surface area contributed by atoms with Crippen LogP contribution in [0.1, 0.15) is 0 Å². The smallest absolute Gasteiger partial charge is 1.00 e. The summed E-state index contributed by atoms with van der Waals surface area (Å²) in [6.07, 6.45) is 0. The molecule has 20 heteroatoms. The van der Waals surface area contributed by atoms with Crippen molar-refractivity contribution in [2.75, 3.05) is 95.9 Å². The number of ether oxygens (including phenoxy) is 11. The maximum atomic E-state index is 5.33. The van der Waals surface area contributed by atoms with Crippen LogP contribution in [0.4, 0.5) is 5.69 Å². The van der Waals surface area contributed by atoms with Crippen molar-refractivity contribution in [1.29, 1.82) is 0 Å². The monoisotopic (exact) mass is 1170 g/mol. The van der Waals surface area contributed by atoms with E-state index in [-0.39, 0.29) is 187 Å². The van der Waals surface area contributed by atoms with Crippen LogP contribution >= 0.6 is 0 Å². The van der Waals surface area contributed by atoms with E-state index < -0.39 is 0 Å². The first-order chi connectivity index (χ1) is 26.8. The van der Waals surface area contributed by atoms with E-state index >= 15 is 0 Å². The first-order valence-corrected chi connectivity index (χ1v) is 16.8. The van der Waals surface area contributed by atoms with Crippen molar-refractivity contribution in [2.24, 2.45) is 0 Å². The zero-order valence-corrected chi connectivity index (χ0v) is 49.3. The third-order valence-electron chi connectivity index (χ3n) is 6.77. The zero-order chi connectivity index (χ0) is 40.1. The standard InChI is InChI=1S/C14H13O2.C10H14NO2.C10H13O4.C9H11O3.4BrH.4Mg/c1-15-11-16-14-9-7-13(8-10-14)12-5-3-2-4-6-12;1-11(2)9-6-4-5-7-10(9)13-8-12-3;1-11-7-14-9-5-4-8(12-2)6-10(9)13-3;1-10-7-12-9-6-4-3-5-8(9)11-2;;;;;;;;/h2-9H,11H2,1H3;4-6H,8H2,1-3H3;4,6H,7H2,1-3H3;3-5H,7H2,1-2H3;4*1H;;;;/q4*-1;;;;;4*+2/p-4. The summed E-state index contributed by atoms with van der Waals surface area (Å²) >= 11 is 0. The van der Waals surface area contributed by atoms with Gasteiger partial charge in [0.25, 0.3) is 0 Å². The number of benzene rings is 5. The molecule has 0 amide bonds. The molecule has 0 heterocycles. The average molecular weight is 1170 g/mol. The van der Waals surface area contributed by atoms with Crippen molar-refractivity contribution in [3.63, 3.8) is 0 Å². The van der Waals surface area contributed by atoms with Crippen LogP contribution in [-0.4, -0.2) is 183 Å². The van der Waals surface area contributed by atoms with E-state index in [1.807, 2.05) is 85.7 Å².